The van der Waals surface area contributed by atoms with E-state index in [4.69, 9.17) is 29.0 Å². The van der Waals surface area contributed by atoms with Gasteiger partial charge in [0.2, 0.25) is 0 Å². The molecular formula is C21H22O8. The van der Waals surface area contributed by atoms with Gasteiger partial charge in [-0.1, -0.05) is 13.8 Å². The highest BCUT2D eigenvalue weighted by Crippen LogP contribution is 2.31. The number of benzene rings is 2. The Morgan fingerprint density at radius 2 is 1.03 bits per heavy atom. The lowest BCUT2D eigenvalue weighted by Crippen LogP contribution is -2.27. The summed E-state index contributed by atoms with van der Waals surface area (Å²) >= 11 is 0. The summed E-state index contributed by atoms with van der Waals surface area (Å²) in [4.78, 5) is 43.6. The third-order valence-electron chi connectivity index (χ3n) is 3.59. The normalized spacial score (nSPS) is 11.1. The largest absolute Gasteiger partial charge is 0.497 e. The van der Waals surface area contributed by atoms with Gasteiger partial charge in [-0.15, -0.1) is 9.78 Å². The minimum atomic E-state index is -1.000. The highest BCUT2D eigenvalue weighted by atomic mass is 17.3. The molecule has 8 heteroatoms. The maximum Gasteiger partial charge on any atom is 0.373 e. The topological polar surface area (TPSA) is 89.5 Å². The van der Waals surface area contributed by atoms with Gasteiger partial charge in [0.25, 0.3) is 0 Å². The van der Waals surface area contributed by atoms with Crippen molar-refractivity contribution >= 4 is 11.9 Å². The van der Waals surface area contributed by atoms with Gasteiger partial charge >= 0.3 is 18.2 Å². The first kappa shape index (κ1) is 22.2. The molecule has 0 saturated heterocycles. The Labute approximate surface area is 169 Å². The Bertz CT molecular complexity index is 743. The molecule has 2 radical (unpaired) electrons. The molecule has 0 amide bonds. The SMILES string of the molecule is [CH2]C(C)(C)[C](OOC(=O)c1ccc(OC)cc1)OOC(=O)c1ccc(OC)cc1. The van der Waals surface area contributed by atoms with Crippen LogP contribution in [0.4, 0.5) is 0 Å². The van der Waals surface area contributed by atoms with Gasteiger partial charge < -0.3 is 9.47 Å². The van der Waals surface area contributed by atoms with Crippen LogP contribution in [0.1, 0.15) is 34.6 Å². The Hall–Kier alpha value is -3.10. The summed E-state index contributed by atoms with van der Waals surface area (Å²) in [5.41, 5.74) is -0.551. The first-order chi connectivity index (χ1) is 13.7. The fourth-order valence-electron chi connectivity index (χ4n) is 1.94. The molecule has 0 aliphatic carbocycles. The summed E-state index contributed by atoms with van der Waals surface area (Å²) in [6.45, 7) is 7.05. The van der Waals surface area contributed by atoms with Crippen LogP contribution in [-0.2, 0) is 19.6 Å². The van der Waals surface area contributed by atoms with E-state index in [9.17, 15) is 9.59 Å². The van der Waals surface area contributed by atoms with Crippen LogP contribution >= 0.6 is 0 Å². The van der Waals surface area contributed by atoms with Crippen LogP contribution < -0.4 is 9.47 Å². The van der Waals surface area contributed by atoms with Gasteiger partial charge in [0.15, 0.2) is 0 Å². The quantitative estimate of drug-likeness (QED) is 0.460. The molecule has 29 heavy (non-hydrogen) atoms. The first-order valence-electron chi connectivity index (χ1n) is 8.53. The maximum absolute atomic E-state index is 12.1. The van der Waals surface area contributed by atoms with Crippen molar-refractivity contribution in [2.24, 2.45) is 5.41 Å². The smallest absolute Gasteiger partial charge is 0.373 e. The Morgan fingerprint density at radius 1 is 0.690 bits per heavy atom. The van der Waals surface area contributed by atoms with Crippen molar-refractivity contribution in [2.45, 2.75) is 13.8 Å². The van der Waals surface area contributed by atoms with E-state index in [1.54, 1.807) is 38.1 Å². The molecule has 0 spiro atoms. The fourth-order valence-corrected chi connectivity index (χ4v) is 1.94. The second-order valence-electron chi connectivity index (χ2n) is 6.54. The molecule has 2 rings (SSSR count). The number of carbonyl (C=O) groups is 2. The Kier molecular flexibility index (Phi) is 7.58. The van der Waals surface area contributed by atoms with Crippen LogP contribution in [0.5, 0.6) is 11.5 Å². The maximum atomic E-state index is 12.1. The van der Waals surface area contributed by atoms with Gasteiger partial charge in [-0.25, -0.2) is 9.59 Å². The Balaban J connectivity index is 1.94. The summed E-state index contributed by atoms with van der Waals surface area (Å²) in [6.07, 6.45) is -0.318. The van der Waals surface area contributed by atoms with E-state index in [1.807, 2.05) is 0 Å². The van der Waals surface area contributed by atoms with E-state index in [0.717, 1.165) is 0 Å². The molecule has 0 fully saturated rings. The summed E-state index contributed by atoms with van der Waals surface area (Å²) in [6, 6.07) is 12.4. The molecular weight excluding hydrogens is 380 g/mol. The van der Waals surface area contributed by atoms with Crippen molar-refractivity contribution < 1.29 is 38.6 Å². The van der Waals surface area contributed by atoms with E-state index >= 15 is 0 Å². The van der Waals surface area contributed by atoms with Crippen LogP contribution in [0.25, 0.3) is 0 Å². The molecule has 0 aliphatic heterocycles. The van der Waals surface area contributed by atoms with Crippen LogP contribution in [0, 0.1) is 18.6 Å². The second-order valence-corrected chi connectivity index (χ2v) is 6.54. The monoisotopic (exact) mass is 402 g/mol. The summed E-state index contributed by atoms with van der Waals surface area (Å²) < 4.78 is 10.0. The van der Waals surface area contributed by atoms with E-state index in [0.29, 0.717) is 11.5 Å². The van der Waals surface area contributed by atoms with Gasteiger partial charge in [-0.3, -0.25) is 9.78 Å². The van der Waals surface area contributed by atoms with Gasteiger partial charge in [0, 0.05) is 5.41 Å². The molecule has 0 N–H and O–H groups in total. The van der Waals surface area contributed by atoms with Crippen LogP contribution in [-0.4, -0.2) is 26.2 Å². The predicted molar refractivity (Wildman–Crippen MR) is 101 cm³/mol. The second kappa shape index (κ2) is 9.90. The third kappa shape index (κ3) is 6.48. The number of hydrogen-bond acceptors (Lipinski definition) is 8. The molecule has 0 bridgehead atoms. The van der Waals surface area contributed by atoms with Gasteiger partial charge in [-0.05, 0) is 55.5 Å². The Morgan fingerprint density at radius 3 is 1.31 bits per heavy atom. The molecule has 2 aromatic carbocycles. The average molecular weight is 402 g/mol. The zero-order valence-electron chi connectivity index (χ0n) is 16.6. The lowest BCUT2D eigenvalue weighted by Gasteiger charge is -2.24. The predicted octanol–water partition coefficient (Wildman–Crippen LogP) is 3.93. The van der Waals surface area contributed by atoms with Crippen molar-refractivity contribution in [3.05, 3.63) is 72.9 Å². The van der Waals surface area contributed by atoms with Gasteiger partial charge in [-0.2, -0.15) is 0 Å². The van der Waals surface area contributed by atoms with Crippen LogP contribution in [0.3, 0.4) is 0 Å². The molecule has 8 nitrogen and oxygen atoms in total. The number of ether oxygens (including phenoxy) is 2. The highest BCUT2D eigenvalue weighted by molar-refractivity contribution is 5.89. The third-order valence-corrected chi connectivity index (χ3v) is 3.59. The summed E-state index contributed by atoms with van der Waals surface area (Å²) in [7, 11) is 3.02. The van der Waals surface area contributed by atoms with Crippen molar-refractivity contribution in [2.75, 3.05) is 14.2 Å². The highest BCUT2D eigenvalue weighted by Gasteiger charge is 2.34. The number of hydrogen-bond donors (Lipinski definition) is 0. The standard InChI is InChI=1S/C21H22O8/c1-21(2,3)20(28-26-18(22)14-6-10-16(24-4)11-7-14)29-27-19(23)15-8-12-17(25-5)13-9-15/h6-13H,1H2,2-5H3. The van der Waals surface area contributed by atoms with Crippen molar-refractivity contribution in [3.8, 4) is 11.5 Å². The molecule has 0 aliphatic rings. The van der Waals surface area contributed by atoms with E-state index in [-0.39, 0.29) is 17.4 Å². The average Bonchev–Trinajstić information content (AvgIpc) is 2.72. The van der Waals surface area contributed by atoms with Crippen molar-refractivity contribution in [1.29, 1.82) is 0 Å². The number of rotatable bonds is 9. The zero-order valence-corrected chi connectivity index (χ0v) is 16.6. The molecule has 2 aromatic rings. The van der Waals surface area contributed by atoms with Crippen molar-refractivity contribution in [1.82, 2.24) is 0 Å². The van der Waals surface area contributed by atoms with E-state index in [1.165, 1.54) is 38.5 Å². The van der Waals surface area contributed by atoms with Crippen LogP contribution in [0.15, 0.2) is 48.5 Å². The van der Waals surface area contributed by atoms with Crippen molar-refractivity contribution in [3.63, 3.8) is 0 Å². The van der Waals surface area contributed by atoms with E-state index in [2.05, 4.69) is 6.92 Å². The van der Waals surface area contributed by atoms with Gasteiger partial charge in [0.1, 0.15) is 11.5 Å². The lowest BCUT2D eigenvalue weighted by atomic mass is 9.96. The summed E-state index contributed by atoms with van der Waals surface area (Å²) in [5.74, 6) is -0.385. The van der Waals surface area contributed by atoms with E-state index < -0.39 is 17.4 Å². The lowest BCUT2D eigenvalue weighted by molar-refractivity contribution is -0.378. The zero-order chi connectivity index (χ0) is 21.4. The fraction of sp³-hybridized carbons (Fsp3) is 0.238. The minimum Gasteiger partial charge on any atom is -0.497 e. The first-order valence-corrected chi connectivity index (χ1v) is 8.53. The number of methoxy groups -OCH3 is 2. The molecule has 0 saturated carbocycles. The molecule has 0 unspecified atom stereocenters. The summed E-state index contributed by atoms with van der Waals surface area (Å²) in [5, 5.41) is 0. The number of carbonyl (C=O) groups excluding carboxylic acids is 2. The van der Waals surface area contributed by atoms with Gasteiger partial charge in [0.05, 0.1) is 25.3 Å². The molecule has 0 aromatic heterocycles. The van der Waals surface area contributed by atoms with Crippen LogP contribution in [0.2, 0.25) is 0 Å². The molecule has 154 valence electrons. The molecule has 0 heterocycles. The minimum absolute atomic E-state index is 0.224. The molecule has 0 atom stereocenters.